The zero-order valence-corrected chi connectivity index (χ0v) is 13.6. The Morgan fingerprint density at radius 2 is 1.84 bits per heavy atom. The summed E-state index contributed by atoms with van der Waals surface area (Å²) in [4.78, 5) is 0. The monoisotopic (exact) mass is 350 g/mol. The maximum absolute atomic E-state index is 13.7. The molecule has 4 heteroatoms. The minimum absolute atomic E-state index is 0.293. The number of halogens is 3. The summed E-state index contributed by atoms with van der Waals surface area (Å²) >= 11 is 9.09. The van der Waals surface area contributed by atoms with E-state index in [2.05, 4.69) is 22.9 Å². The molecule has 1 aromatic carbocycles. The number of benzene rings is 1. The van der Waals surface area contributed by atoms with Crippen LogP contribution in [0.15, 0.2) is 16.6 Å². The van der Waals surface area contributed by atoms with Gasteiger partial charge in [-0.1, -0.05) is 57.0 Å². The van der Waals surface area contributed by atoms with Gasteiger partial charge in [-0.25, -0.2) is 4.39 Å². The number of hydrogen-bond acceptors (Lipinski definition) is 1. The lowest BCUT2D eigenvalue weighted by atomic mass is 10.0. The molecule has 0 aliphatic rings. The van der Waals surface area contributed by atoms with Crippen LogP contribution in [-0.4, -0.2) is 5.11 Å². The van der Waals surface area contributed by atoms with E-state index in [9.17, 15) is 9.50 Å². The van der Waals surface area contributed by atoms with Gasteiger partial charge >= 0.3 is 0 Å². The van der Waals surface area contributed by atoms with Gasteiger partial charge in [0.2, 0.25) is 0 Å². The van der Waals surface area contributed by atoms with Crippen molar-refractivity contribution in [3.63, 3.8) is 0 Å². The quantitative estimate of drug-likeness (QED) is 0.448. The topological polar surface area (TPSA) is 20.2 Å². The van der Waals surface area contributed by atoms with E-state index in [1.54, 1.807) is 0 Å². The first-order valence-corrected chi connectivity index (χ1v) is 8.05. The maximum atomic E-state index is 13.7. The molecule has 0 saturated carbocycles. The van der Waals surface area contributed by atoms with Crippen molar-refractivity contribution in [3.8, 4) is 0 Å². The van der Waals surface area contributed by atoms with Gasteiger partial charge in [0, 0.05) is 10.0 Å². The molecular weight excluding hydrogens is 331 g/mol. The Bertz CT molecular complexity index is 398. The van der Waals surface area contributed by atoms with E-state index in [4.69, 9.17) is 11.6 Å². The van der Waals surface area contributed by atoms with Gasteiger partial charge in [-0.15, -0.1) is 0 Å². The first kappa shape index (κ1) is 16.9. The average molecular weight is 352 g/mol. The fraction of sp³-hybridized carbons (Fsp3) is 0.600. The number of aliphatic hydroxyl groups excluding tert-OH is 1. The van der Waals surface area contributed by atoms with Crippen LogP contribution in [-0.2, 0) is 0 Å². The average Bonchev–Trinajstić information content (AvgIpc) is 2.37. The fourth-order valence-corrected chi connectivity index (χ4v) is 2.55. The minimum Gasteiger partial charge on any atom is -0.388 e. The van der Waals surface area contributed by atoms with Crippen LogP contribution in [0.4, 0.5) is 4.39 Å². The summed E-state index contributed by atoms with van der Waals surface area (Å²) in [7, 11) is 0. The molecule has 108 valence electrons. The Labute approximate surface area is 128 Å². The van der Waals surface area contributed by atoms with Crippen molar-refractivity contribution in [2.75, 3.05) is 0 Å². The Hall–Kier alpha value is -0.120. The van der Waals surface area contributed by atoms with E-state index in [-0.39, 0.29) is 0 Å². The predicted molar refractivity (Wildman–Crippen MR) is 82.1 cm³/mol. The molecule has 1 N–H and O–H groups in total. The molecule has 0 heterocycles. The van der Waals surface area contributed by atoms with Crippen LogP contribution < -0.4 is 0 Å². The van der Waals surface area contributed by atoms with Gasteiger partial charge in [0.05, 0.1) is 11.1 Å². The van der Waals surface area contributed by atoms with Gasteiger partial charge < -0.3 is 5.11 Å². The molecule has 0 amide bonds. The molecule has 1 atom stereocenters. The highest BCUT2D eigenvalue weighted by Crippen LogP contribution is 2.30. The highest BCUT2D eigenvalue weighted by molar-refractivity contribution is 9.10. The van der Waals surface area contributed by atoms with E-state index < -0.39 is 11.9 Å². The second-order valence-electron chi connectivity index (χ2n) is 4.86. The van der Waals surface area contributed by atoms with Crippen molar-refractivity contribution in [1.82, 2.24) is 0 Å². The van der Waals surface area contributed by atoms with E-state index in [0.29, 0.717) is 21.5 Å². The fourth-order valence-electron chi connectivity index (χ4n) is 2.07. The number of hydrogen-bond donors (Lipinski definition) is 1. The van der Waals surface area contributed by atoms with Crippen LogP contribution in [0.3, 0.4) is 0 Å². The zero-order chi connectivity index (χ0) is 14.3. The summed E-state index contributed by atoms with van der Waals surface area (Å²) in [6.07, 6.45) is 6.73. The number of unbranched alkanes of at least 4 members (excludes halogenated alkanes) is 5. The predicted octanol–water partition coefficient (Wildman–Crippen LogP) is 6.03. The second kappa shape index (κ2) is 8.93. The van der Waals surface area contributed by atoms with Crippen LogP contribution in [0.25, 0.3) is 0 Å². The molecular formula is C15H21BrClFO. The lowest BCUT2D eigenvalue weighted by molar-refractivity contribution is 0.159. The molecule has 0 aromatic heterocycles. The van der Waals surface area contributed by atoms with Crippen LogP contribution in [0, 0.1) is 5.82 Å². The Balaban J connectivity index is 2.41. The van der Waals surface area contributed by atoms with E-state index in [1.807, 2.05) is 0 Å². The lowest BCUT2D eigenvalue weighted by Gasteiger charge is -2.13. The van der Waals surface area contributed by atoms with Gasteiger partial charge in [-0.05, 0) is 34.5 Å². The third-order valence-electron chi connectivity index (χ3n) is 3.23. The highest BCUT2D eigenvalue weighted by atomic mass is 79.9. The van der Waals surface area contributed by atoms with E-state index in [1.165, 1.54) is 37.8 Å². The summed E-state index contributed by atoms with van der Waals surface area (Å²) in [6, 6.07) is 2.81. The normalized spacial score (nSPS) is 12.7. The van der Waals surface area contributed by atoms with Gasteiger partial charge in [0.1, 0.15) is 5.82 Å². The molecule has 0 spiro atoms. The molecule has 0 fully saturated rings. The van der Waals surface area contributed by atoms with Gasteiger partial charge in [0.15, 0.2) is 0 Å². The third kappa shape index (κ3) is 5.80. The molecule has 0 aliphatic carbocycles. The summed E-state index contributed by atoms with van der Waals surface area (Å²) < 4.78 is 14.2. The van der Waals surface area contributed by atoms with Crippen LogP contribution in [0.2, 0.25) is 5.02 Å². The standard InChI is InChI=1S/C15H21BrClFO/c1-2-3-4-5-6-7-8-15(19)11-9-13(17)12(16)10-14(11)18/h9-10,15,19H,2-8H2,1H3. The summed E-state index contributed by atoms with van der Waals surface area (Å²) in [5.74, 6) is -0.408. The molecule has 1 unspecified atom stereocenters. The van der Waals surface area contributed by atoms with E-state index in [0.717, 1.165) is 12.8 Å². The van der Waals surface area contributed by atoms with Crippen molar-refractivity contribution in [2.45, 2.75) is 58.0 Å². The maximum Gasteiger partial charge on any atom is 0.130 e. The smallest absolute Gasteiger partial charge is 0.130 e. The van der Waals surface area contributed by atoms with Crippen molar-refractivity contribution in [2.24, 2.45) is 0 Å². The van der Waals surface area contributed by atoms with Crippen molar-refractivity contribution >= 4 is 27.5 Å². The Kier molecular flexibility index (Phi) is 7.96. The van der Waals surface area contributed by atoms with E-state index >= 15 is 0 Å². The zero-order valence-electron chi connectivity index (χ0n) is 11.3. The summed E-state index contributed by atoms with van der Waals surface area (Å²) in [6.45, 7) is 2.18. The Morgan fingerprint density at radius 1 is 1.21 bits per heavy atom. The largest absolute Gasteiger partial charge is 0.388 e. The lowest BCUT2D eigenvalue weighted by Crippen LogP contribution is -2.01. The highest BCUT2D eigenvalue weighted by Gasteiger charge is 2.14. The minimum atomic E-state index is -0.767. The van der Waals surface area contributed by atoms with Gasteiger partial charge in [0.25, 0.3) is 0 Å². The second-order valence-corrected chi connectivity index (χ2v) is 6.12. The first-order chi connectivity index (χ1) is 9.06. The SMILES string of the molecule is CCCCCCCCC(O)c1cc(Cl)c(Br)cc1F. The molecule has 0 radical (unpaired) electrons. The van der Waals surface area contributed by atoms with Crippen molar-refractivity contribution in [1.29, 1.82) is 0 Å². The number of aliphatic hydroxyl groups is 1. The van der Waals surface area contributed by atoms with Crippen LogP contribution in [0.5, 0.6) is 0 Å². The first-order valence-electron chi connectivity index (χ1n) is 6.88. The van der Waals surface area contributed by atoms with Crippen LogP contribution >= 0.6 is 27.5 Å². The Morgan fingerprint density at radius 3 is 2.53 bits per heavy atom. The third-order valence-corrected chi connectivity index (χ3v) is 4.43. The molecule has 1 nitrogen and oxygen atoms in total. The van der Waals surface area contributed by atoms with Gasteiger partial charge in [-0.3, -0.25) is 0 Å². The van der Waals surface area contributed by atoms with Crippen molar-refractivity contribution < 1.29 is 9.50 Å². The molecule has 1 aromatic rings. The van der Waals surface area contributed by atoms with Crippen LogP contribution in [0.1, 0.15) is 63.5 Å². The molecule has 0 bridgehead atoms. The number of rotatable bonds is 8. The molecule has 1 rings (SSSR count). The summed E-state index contributed by atoms with van der Waals surface area (Å²) in [5, 5.41) is 10.4. The molecule has 19 heavy (non-hydrogen) atoms. The van der Waals surface area contributed by atoms with Crippen molar-refractivity contribution in [3.05, 3.63) is 33.0 Å². The molecule has 0 aliphatic heterocycles. The molecule has 0 saturated heterocycles. The van der Waals surface area contributed by atoms with Gasteiger partial charge in [-0.2, -0.15) is 0 Å². The summed E-state index contributed by atoms with van der Waals surface area (Å²) in [5.41, 5.74) is 0.293.